The Balaban J connectivity index is 1.45. The van der Waals surface area contributed by atoms with Crippen molar-refractivity contribution in [3.8, 4) is 5.75 Å². The maximum Gasteiger partial charge on any atom is 0.308 e. The van der Waals surface area contributed by atoms with E-state index in [4.69, 9.17) is 20.4 Å². The molecule has 5 rings (SSSR count). The molecule has 0 bridgehead atoms. The number of anilines is 3. The molecule has 33 heavy (non-hydrogen) atoms. The highest BCUT2D eigenvalue weighted by molar-refractivity contribution is 5.86. The smallest absolute Gasteiger partial charge is 0.308 e. The monoisotopic (exact) mass is 449 g/mol. The van der Waals surface area contributed by atoms with Crippen LogP contribution in [0.4, 0.5) is 17.5 Å². The van der Waals surface area contributed by atoms with Gasteiger partial charge in [-0.05, 0) is 62.8 Å². The van der Waals surface area contributed by atoms with Crippen molar-refractivity contribution in [3.05, 3.63) is 30.6 Å². The van der Waals surface area contributed by atoms with Crippen molar-refractivity contribution in [2.45, 2.75) is 76.4 Å². The molecule has 3 aromatic rings. The van der Waals surface area contributed by atoms with E-state index in [9.17, 15) is 4.79 Å². The summed E-state index contributed by atoms with van der Waals surface area (Å²) in [7, 11) is 0. The first-order valence-corrected chi connectivity index (χ1v) is 11.9. The van der Waals surface area contributed by atoms with Gasteiger partial charge in [0, 0.05) is 30.7 Å². The van der Waals surface area contributed by atoms with E-state index in [0.717, 1.165) is 55.4 Å². The Labute approximate surface area is 193 Å². The first kappa shape index (κ1) is 21.6. The van der Waals surface area contributed by atoms with E-state index >= 15 is 0 Å². The fraction of sp³-hybridized carbons (Fsp3) is 0.500. The van der Waals surface area contributed by atoms with Gasteiger partial charge in [0.1, 0.15) is 5.75 Å². The number of imidazole rings is 1. The van der Waals surface area contributed by atoms with Gasteiger partial charge in [0.2, 0.25) is 5.95 Å². The van der Waals surface area contributed by atoms with Crippen LogP contribution in [0.5, 0.6) is 5.75 Å². The van der Waals surface area contributed by atoms with Crippen LogP contribution in [-0.4, -0.2) is 37.6 Å². The molecule has 2 fully saturated rings. The number of carbonyl (C=O) groups is 1. The molecule has 9 heteroatoms. The molecule has 0 radical (unpaired) electrons. The number of rotatable bonds is 6. The van der Waals surface area contributed by atoms with E-state index in [1.807, 2.05) is 18.5 Å². The van der Waals surface area contributed by atoms with E-state index in [-0.39, 0.29) is 5.97 Å². The maximum atomic E-state index is 11.2. The first-order valence-electron chi connectivity index (χ1n) is 11.9. The van der Waals surface area contributed by atoms with Crippen LogP contribution >= 0.6 is 0 Å². The van der Waals surface area contributed by atoms with Crippen LogP contribution in [0.2, 0.25) is 0 Å². The molecule has 0 saturated heterocycles. The van der Waals surface area contributed by atoms with Crippen molar-refractivity contribution in [2.24, 2.45) is 5.73 Å². The average Bonchev–Trinajstić information content (AvgIpc) is 3.46. The van der Waals surface area contributed by atoms with E-state index in [1.165, 1.54) is 19.8 Å². The lowest BCUT2D eigenvalue weighted by Crippen LogP contribution is -2.33. The fourth-order valence-corrected chi connectivity index (χ4v) is 4.87. The van der Waals surface area contributed by atoms with Crippen LogP contribution < -0.4 is 21.1 Å². The molecular formula is C24H31N7O2. The number of fused-ring (bicyclic) bond motifs is 1. The van der Waals surface area contributed by atoms with E-state index in [2.05, 4.69) is 20.2 Å². The normalized spacial score (nSPS) is 21.3. The number of carbonyl (C=O) groups excluding carboxylic acids is 1. The first-order chi connectivity index (χ1) is 16.0. The van der Waals surface area contributed by atoms with Gasteiger partial charge in [0.05, 0.1) is 6.33 Å². The molecule has 0 unspecified atom stereocenters. The molecular weight excluding hydrogens is 418 g/mol. The number of nitrogens with zero attached hydrogens (tertiary/aromatic N) is 4. The number of esters is 1. The molecule has 4 N–H and O–H groups in total. The predicted molar refractivity (Wildman–Crippen MR) is 128 cm³/mol. The molecule has 0 spiro atoms. The summed E-state index contributed by atoms with van der Waals surface area (Å²) in [6.45, 7) is 1.39. The maximum absolute atomic E-state index is 11.2. The average molecular weight is 450 g/mol. The molecule has 2 aliphatic rings. The minimum Gasteiger partial charge on any atom is -0.427 e. The highest BCUT2D eigenvalue weighted by Gasteiger charge is 2.24. The highest BCUT2D eigenvalue weighted by Crippen LogP contribution is 2.34. The van der Waals surface area contributed by atoms with Crippen molar-refractivity contribution >= 4 is 34.6 Å². The molecule has 174 valence electrons. The van der Waals surface area contributed by atoms with Gasteiger partial charge in [-0.15, -0.1) is 0 Å². The number of hydrogen-bond acceptors (Lipinski definition) is 8. The topological polar surface area (TPSA) is 120 Å². The van der Waals surface area contributed by atoms with Crippen LogP contribution in [-0.2, 0) is 4.79 Å². The largest absolute Gasteiger partial charge is 0.427 e. The Morgan fingerprint density at radius 2 is 1.79 bits per heavy atom. The highest BCUT2D eigenvalue weighted by atomic mass is 16.5. The molecule has 0 amide bonds. The van der Waals surface area contributed by atoms with Gasteiger partial charge in [-0.25, -0.2) is 4.98 Å². The zero-order valence-corrected chi connectivity index (χ0v) is 19.0. The van der Waals surface area contributed by atoms with E-state index in [0.29, 0.717) is 35.6 Å². The van der Waals surface area contributed by atoms with E-state index in [1.54, 1.807) is 12.1 Å². The molecule has 2 aromatic heterocycles. The Bertz CT molecular complexity index is 1110. The van der Waals surface area contributed by atoms with E-state index < -0.39 is 0 Å². The third-order valence-electron chi connectivity index (χ3n) is 6.62. The number of nitrogens with two attached hydrogens (primary N) is 1. The summed E-state index contributed by atoms with van der Waals surface area (Å²) in [4.78, 5) is 25.5. The molecule has 1 aromatic carbocycles. The predicted octanol–water partition coefficient (Wildman–Crippen LogP) is 4.29. The molecule has 0 aliphatic heterocycles. The molecule has 2 aliphatic carbocycles. The summed E-state index contributed by atoms with van der Waals surface area (Å²) in [6, 6.07) is 8.27. The molecule has 0 atom stereocenters. The van der Waals surface area contributed by atoms with Crippen molar-refractivity contribution in [1.82, 2.24) is 19.5 Å². The van der Waals surface area contributed by atoms with Gasteiger partial charge in [-0.2, -0.15) is 9.97 Å². The number of hydrogen-bond donors (Lipinski definition) is 3. The third-order valence-corrected chi connectivity index (χ3v) is 6.62. The second kappa shape index (κ2) is 9.35. The van der Waals surface area contributed by atoms with Gasteiger partial charge in [0.15, 0.2) is 17.0 Å². The number of nitrogens with one attached hydrogen (secondary N) is 2. The van der Waals surface area contributed by atoms with Crippen molar-refractivity contribution in [2.75, 3.05) is 10.6 Å². The molecule has 2 saturated carbocycles. The Hall–Kier alpha value is -3.20. The fourth-order valence-electron chi connectivity index (χ4n) is 4.87. The minimum absolute atomic E-state index is 0.294. The third kappa shape index (κ3) is 4.93. The van der Waals surface area contributed by atoms with Crippen molar-refractivity contribution in [1.29, 1.82) is 0 Å². The van der Waals surface area contributed by atoms with Crippen molar-refractivity contribution in [3.63, 3.8) is 0 Å². The second-order valence-corrected chi connectivity index (χ2v) is 9.16. The summed E-state index contributed by atoms with van der Waals surface area (Å²) in [6.07, 6.45) is 10.7. The summed E-state index contributed by atoms with van der Waals surface area (Å²) in [5.74, 6) is 1.43. The Morgan fingerprint density at radius 3 is 2.48 bits per heavy atom. The quantitative estimate of drug-likeness (QED) is 0.376. The standard InChI is InChI=1S/C24H31N7O2/c1-15(32)33-20-12-10-17(11-13-20)27-22-21-23(31(14-26-21)19-4-2-3-5-19)30-24(29-22)28-18-8-6-16(25)7-9-18/h10-14,16,18-19H,2-9,25H2,1H3,(H2,27,28,29,30). The minimum atomic E-state index is -0.343. The summed E-state index contributed by atoms with van der Waals surface area (Å²) >= 11 is 0. The van der Waals surface area contributed by atoms with Crippen LogP contribution in [0.15, 0.2) is 30.6 Å². The Morgan fingerprint density at radius 1 is 1.06 bits per heavy atom. The SMILES string of the molecule is CC(=O)Oc1ccc(Nc2nc(NC3CCC(N)CC3)nc3c2ncn3C2CCCC2)cc1. The van der Waals surface area contributed by atoms with Crippen LogP contribution in [0.1, 0.15) is 64.3 Å². The summed E-state index contributed by atoms with van der Waals surface area (Å²) in [5.41, 5.74) is 8.51. The van der Waals surface area contributed by atoms with Gasteiger partial charge >= 0.3 is 5.97 Å². The molecule has 9 nitrogen and oxygen atoms in total. The molecule has 2 heterocycles. The second-order valence-electron chi connectivity index (χ2n) is 9.16. The van der Waals surface area contributed by atoms with Crippen LogP contribution in [0.25, 0.3) is 11.2 Å². The van der Waals surface area contributed by atoms with Gasteiger partial charge in [0.25, 0.3) is 0 Å². The van der Waals surface area contributed by atoms with Crippen LogP contribution in [0.3, 0.4) is 0 Å². The van der Waals surface area contributed by atoms with Crippen LogP contribution in [0, 0.1) is 0 Å². The number of ether oxygens (including phenoxy) is 1. The lowest BCUT2D eigenvalue weighted by molar-refractivity contribution is -0.131. The summed E-state index contributed by atoms with van der Waals surface area (Å²) in [5, 5.41) is 6.93. The number of aromatic nitrogens is 4. The van der Waals surface area contributed by atoms with Gasteiger partial charge in [-0.3, -0.25) is 4.79 Å². The number of benzene rings is 1. The van der Waals surface area contributed by atoms with Gasteiger partial charge < -0.3 is 25.7 Å². The van der Waals surface area contributed by atoms with Crippen molar-refractivity contribution < 1.29 is 9.53 Å². The van der Waals surface area contributed by atoms with Gasteiger partial charge in [-0.1, -0.05) is 12.8 Å². The zero-order valence-electron chi connectivity index (χ0n) is 19.0. The lowest BCUT2D eigenvalue weighted by atomic mass is 9.92. The Kier molecular flexibility index (Phi) is 6.13. The summed E-state index contributed by atoms with van der Waals surface area (Å²) < 4.78 is 7.34. The lowest BCUT2D eigenvalue weighted by Gasteiger charge is -2.27. The zero-order chi connectivity index (χ0) is 22.8.